The number of hydrogen-bond acceptors (Lipinski definition) is 3. The maximum atomic E-state index is 12.7. The van der Waals surface area contributed by atoms with Crippen LogP contribution in [0.5, 0.6) is 5.75 Å². The lowest BCUT2D eigenvalue weighted by atomic mass is 10.1. The van der Waals surface area contributed by atoms with Gasteiger partial charge in [-0.15, -0.1) is 0 Å². The lowest BCUT2D eigenvalue weighted by Crippen LogP contribution is -2.43. The van der Waals surface area contributed by atoms with Crippen LogP contribution in [-0.2, 0) is 0 Å². The molecule has 4 heteroatoms. The minimum absolute atomic E-state index is 0.0789. The van der Waals surface area contributed by atoms with E-state index in [1.54, 1.807) is 18.2 Å². The van der Waals surface area contributed by atoms with Gasteiger partial charge in [-0.2, -0.15) is 0 Å². The predicted octanol–water partition coefficient (Wildman–Crippen LogP) is 2.26. The Bertz CT molecular complexity index is 487. The van der Waals surface area contributed by atoms with Crippen molar-refractivity contribution in [2.24, 2.45) is 0 Å². The van der Waals surface area contributed by atoms with Crippen LogP contribution in [-0.4, -0.2) is 53.5 Å². The predicted molar refractivity (Wildman–Crippen MR) is 80.1 cm³/mol. The number of aromatic hydroxyl groups is 1. The Morgan fingerprint density at radius 1 is 1.40 bits per heavy atom. The van der Waals surface area contributed by atoms with E-state index in [2.05, 4.69) is 18.9 Å². The zero-order valence-electron chi connectivity index (χ0n) is 12.6. The highest BCUT2D eigenvalue weighted by atomic mass is 16.3. The first kappa shape index (κ1) is 14.9. The van der Waals surface area contributed by atoms with Crippen molar-refractivity contribution in [2.45, 2.75) is 32.7 Å². The molecule has 1 amide bonds. The number of carbonyl (C=O) groups excluding carboxylic acids is 1. The summed E-state index contributed by atoms with van der Waals surface area (Å²) in [5.74, 6) is 0.319. The molecule has 1 heterocycles. The van der Waals surface area contributed by atoms with Crippen molar-refractivity contribution in [3.63, 3.8) is 0 Å². The second-order valence-corrected chi connectivity index (χ2v) is 5.68. The number of phenols is 1. The molecule has 0 spiro atoms. The Kier molecular flexibility index (Phi) is 4.65. The molecule has 1 aromatic rings. The van der Waals surface area contributed by atoms with Gasteiger partial charge in [0.1, 0.15) is 5.75 Å². The molecule has 1 atom stereocenters. The Morgan fingerprint density at radius 2 is 2.15 bits per heavy atom. The number of rotatable bonds is 2. The molecular formula is C16H24N2O2. The summed E-state index contributed by atoms with van der Waals surface area (Å²) >= 11 is 0. The van der Waals surface area contributed by atoms with Gasteiger partial charge in [0.25, 0.3) is 5.91 Å². The molecule has 0 saturated carbocycles. The van der Waals surface area contributed by atoms with Crippen LogP contribution < -0.4 is 0 Å². The molecule has 0 aliphatic carbocycles. The highest BCUT2D eigenvalue weighted by Crippen LogP contribution is 2.20. The van der Waals surface area contributed by atoms with Gasteiger partial charge < -0.3 is 14.9 Å². The molecule has 1 unspecified atom stereocenters. The second-order valence-electron chi connectivity index (χ2n) is 5.68. The van der Waals surface area contributed by atoms with E-state index in [0.29, 0.717) is 5.56 Å². The van der Waals surface area contributed by atoms with Gasteiger partial charge >= 0.3 is 0 Å². The highest BCUT2D eigenvalue weighted by Gasteiger charge is 2.26. The van der Waals surface area contributed by atoms with Crippen LogP contribution in [0.25, 0.3) is 0 Å². The normalized spacial score (nSPS) is 20.8. The fourth-order valence-electron chi connectivity index (χ4n) is 2.81. The molecule has 0 aromatic heterocycles. The number of phenolic OH excluding ortho intramolecular Hbond substituents is 1. The first-order chi connectivity index (χ1) is 9.52. The number of benzene rings is 1. The van der Waals surface area contributed by atoms with E-state index in [1.165, 1.54) is 0 Å². The van der Waals surface area contributed by atoms with Crippen molar-refractivity contribution >= 4 is 5.91 Å². The molecule has 4 nitrogen and oxygen atoms in total. The number of amides is 1. The van der Waals surface area contributed by atoms with Crippen molar-refractivity contribution in [2.75, 3.05) is 26.7 Å². The highest BCUT2D eigenvalue weighted by molar-refractivity contribution is 5.94. The van der Waals surface area contributed by atoms with Gasteiger partial charge in [-0.3, -0.25) is 4.79 Å². The van der Waals surface area contributed by atoms with Crippen molar-refractivity contribution in [3.05, 3.63) is 29.3 Å². The fourth-order valence-corrected chi connectivity index (χ4v) is 2.81. The first-order valence-electron chi connectivity index (χ1n) is 7.32. The fraction of sp³-hybridized carbons (Fsp3) is 0.562. The summed E-state index contributed by atoms with van der Waals surface area (Å²) in [5.41, 5.74) is 1.42. The molecule has 0 bridgehead atoms. The van der Waals surface area contributed by atoms with E-state index in [0.717, 1.165) is 38.0 Å². The largest absolute Gasteiger partial charge is 0.508 e. The quantitative estimate of drug-likeness (QED) is 0.901. The van der Waals surface area contributed by atoms with Crippen LogP contribution in [0.4, 0.5) is 0 Å². The van der Waals surface area contributed by atoms with Crippen molar-refractivity contribution < 1.29 is 9.90 Å². The summed E-state index contributed by atoms with van der Waals surface area (Å²) < 4.78 is 0. The third kappa shape index (κ3) is 3.12. The number of carbonyl (C=O) groups is 1. The molecule has 1 aliphatic rings. The topological polar surface area (TPSA) is 43.8 Å². The molecule has 1 aliphatic heterocycles. The first-order valence-corrected chi connectivity index (χ1v) is 7.32. The molecule has 110 valence electrons. The Hall–Kier alpha value is -1.55. The van der Waals surface area contributed by atoms with Gasteiger partial charge in [0, 0.05) is 24.7 Å². The van der Waals surface area contributed by atoms with Crippen LogP contribution in [0.15, 0.2) is 18.2 Å². The molecule has 2 rings (SSSR count). The monoisotopic (exact) mass is 276 g/mol. The number of aryl methyl sites for hydroxylation is 1. The van der Waals surface area contributed by atoms with E-state index in [-0.39, 0.29) is 17.7 Å². The molecule has 1 saturated heterocycles. The summed E-state index contributed by atoms with van der Waals surface area (Å²) in [6.45, 7) is 6.72. The van der Waals surface area contributed by atoms with Crippen LogP contribution >= 0.6 is 0 Å². The summed E-state index contributed by atoms with van der Waals surface area (Å²) in [7, 11) is 2.11. The van der Waals surface area contributed by atoms with E-state index in [9.17, 15) is 9.90 Å². The zero-order chi connectivity index (χ0) is 14.7. The second kappa shape index (κ2) is 6.27. The van der Waals surface area contributed by atoms with Gasteiger partial charge in [-0.25, -0.2) is 0 Å². The summed E-state index contributed by atoms with van der Waals surface area (Å²) in [5, 5.41) is 9.58. The number of likely N-dealkylation sites (N-methyl/N-ethyl adjacent to an activating group) is 1. The summed E-state index contributed by atoms with van der Waals surface area (Å²) in [6.07, 6.45) is 1.98. The van der Waals surface area contributed by atoms with Gasteiger partial charge in [0.2, 0.25) is 0 Å². The van der Waals surface area contributed by atoms with Crippen molar-refractivity contribution in [3.8, 4) is 5.75 Å². The van der Waals surface area contributed by atoms with Gasteiger partial charge in [0.15, 0.2) is 0 Å². The minimum Gasteiger partial charge on any atom is -0.508 e. The lowest BCUT2D eigenvalue weighted by molar-refractivity contribution is 0.0675. The molecule has 1 aromatic carbocycles. The molecular weight excluding hydrogens is 252 g/mol. The Balaban J connectivity index is 2.23. The molecule has 1 N–H and O–H groups in total. The van der Waals surface area contributed by atoms with Crippen molar-refractivity contribution in [1.29, 1.82) is 0 Å². The van der Waals surface area contributed by atoms with Crippen LogP contribution in [0.1, 0.15) is 35.7 Å². The standard InChI is InChI=1S/C16H24N2O2/c1-4-14-11-17(3)8-5-9-18(14)16(20)13-6-7-15(19)12(2)10-13/h6-7,10,14,19H,4-5,8-9,11H2,1-3H3. The van der Waals surface area contributed by atoms with Crippen LogP contribution in [0, 0.1) is 6.92 Å². The maximum absolute atomic E-state index is 12.7. The van der Waals surface area contributed by atoms with E-state index in [4.69, 9.17) is 0 Å². The third-order valence-corrected chi connectivity index (χ3v) is 4.08. The average molecular weight is 276 g/mol. The lowest BCUT2D eigenvalue weighted by Gasteiger charge is -2.30. The van der Waals surface area contributed by atoms with Gasteiger partial charge in [-0.05, 0) is 57.1 Å². The van der Waals surface area contributed by atoms with Gasteiger partial charge in [-0.1, -0.05) is 6.92 Å². The SMILES string of the molecule is CCC1CN(C)CCCN1C(=O)c1ccc(O)c(C)c1. The van der Waals surface area contributed by atoms with Crippen LogP contribution in [0.2, 0.25) is 0 Å². The number of nitrogens with zero attached hydrogens (tertiary/aromatic N) is 2. The smallest absolute Gasteiger partial charge is 0.254 e. The van der Waals surface area contributed by atoms with Crippen molar-refractivity contribution in [1.82, 2.24) is 9.80 Å². The maximum Gasteiger partial charge on any atom is 0.254 e. The van der Waals surface area contributed by atoms with Crippen LogP contribution in [0.3, 0.4) is 0 Å². The number of hydrogen-bond donors (Lipinski definition) is 1. The van der Waals surface area contributed by atoms with E-state index >= 15 is 0 Å². The van der Waals surface area contributed by atoms with Gasteiger partial charge in [0.05, 0.1) is 0 Å². The average Bonchev–Trinajstić information content (AvgIpc) is 2.62. The molecule has 20 heavy (non-hydrogen) atoms. The summed E-state index contributed by atoms with van der Waals surface area (Å²) in [6, 6.07) is 5.36. The van der Waals surface area contributed by atoms with E-state index in [1.807, 2.05) is 11.8 Å². The Morgan fingerprint density at radius 3 is 2.80 bits per heavy atom. The Labute approximate surface area is 121 Å². The third-order valence-electron chi connectivity index (χ3n) is 4.08. The summed E-state index contributed by atoms with van der Waals surface area (Å²) in [4.78, 5) is 17.0. The molecule has 0 radical (unpaired) electrons. The zero-order valence-corrected chi connectivity index (χ0v) is 12.6. The van der Waals surface area contributed by atoms with E-state index < -0.39 is 0 Å². The molecule has 1 fully saturated rings. The minimum atomic E-state index is 0.0789.